The first-order chi connectivity index (χ1) is 8.40. The Morgan fingerprint density at radius 3 is 2.61 bits per heavy atom. The van der Waals surface area contributed by atoms with Crippen molar-refractivity contribution in [2.45, 2.75) is 45.1 Å². The molecule has 0 unspecified atom stereocenters. The molecule has 0 atom stereocenters. The highest BCUT2D eigenvalue weighted by molar-refractivity contribution is 6.32. The molecule has 1 aromatic rings. The Hall–Kier alpha value is -0.870. The molecule has 0 amide bonds. The third-order valence-corrected chi connectivity index (χ3v) is 4.06. The summed E-state index contributed by atoms with van der Waals surface area (Å²) < 4.78 is 0. The van der Waals surface area contributed by atoms with E-state index in [0.29, 0.717) is 22.8 Å². The lowest BCUT2D eigenvalue weighted by molar-refractivity contribution is -0.0145. The molecular formula is C13H20ClN3O. The van der Waals surface area contributed by atoms with E-state index in [1.807, 2.05) is 0 Å². The lowest BCUT2D eigenvalue weighted by Gasteiger charge is -2.40. The minimum Gasteiger partial charge on any atom is -0.388 e. The molecule has 0 aliphatic heterocycles. The highest BCUT2D eigenvalue weighted by atomic mass is 35.5. The maximum absolute atomic E-state index is 10.5. The number of hydrogen-bond acceptors (Lipinski definition) is 4. The van der Waals surface area contributed by atoms with Crippen LogP contribution in [0.3, 0.4) is 0 Å². The van der Waals surface area contributed by atoms with Gasteiger partial charge < -0.3 is 10.4 Å². The van der Waals surface area contributed by atoms with Crippen molar-refractivity contribution in [3.8, 4) is 0 Å². The van der Waals surface area contributed by atoms with Crippen LogP contribution in [0.5, 0.6) is 0 Å². The number of halogens is 1. The summed E-state index contributed by atoms with van der Waals surface area (Å²) in [6.07, 6.45) is 6.71. The molecule has 0 aromatic carbocycles. The Balaban J connectivity index is 1.93. The summed E-state index contributed by atoms with van der Waals surface area (Å²) in [5, 5.41) is 14.1. The molecular weight excluding hydrogens is 250 g/mol. The van der Waals surface area contributed by atoms with Gasteiger partial charge in [0.05, 0.1) is 11.8 Å². The van der Waals surface area contributed by atoms with Crippen LogP contribution in [0.2, 0.25) is 5.02 Å². The zero-order valence-corrected chi connectivity index (χ0v) is 11.7. The fourth-order valence-corrected chi connectivity index (χ4v) is 2.43. The first kappa shape index (κ1) is 13.6. The Bertz CT molecular complexity index is 412. The van der Waals surface area contributed by atoms with Gasteiger partial charge in [0.1, 0.15) is 17.2 Å². The van der Waals surface area contributed by atoms with Gasteiger partial charge in [-0.3, -0.25) is 0 Å². The van der Waals surface area contributed by atoms with Crippen molar-refractivity contribution in [1.29, 1.82) is 0 Å². The maximum atomic E-state index is 10.5. The van der Waals surface area contributed by atoms with Crippen molar-refractivity contribution >= 4 is 17.4 Å². The van der Waals surface area contributed by atoms with E-state index in [1.165, 1.54) is 6.33 Å². The average Bonchev–Trinajstić information content (AvgIpc) is 2.33. The fourth-order valence-electron chi connectivity index (χ4n) is 2.26. The third kappa shape index (κ3) is 3.33. The largest absolute Gasteiger partial charge is 0.388 e. The summed E-state index contributed by atoms with van der Waals surface area (Å²) in [4.78, 5) is 7.89. The molecule has 100 valence electrons. The van der Waals surface area contributed by atoms with Crippen LogP contribution in [-0.4, -0.2) is 27.2 Å². The zero-order chi connectivity index (χ0) is 13.2. The van der Waals surface area contributed by atoms with Crippen LogP contribution in [0, 0.1) is 5.41 Å². The Kier molecular flexibility index (Phi) is 3.78. The van der Waals surface area contributed by atoms with Gasteiger partial charge in [0, 0.05) is 6.54 Å². The molecule has 0 spiro atoms. The molecule has 0 saturated heterocycles. The van der Waals surface area contributed by atoms with Crippen molar-refractivity contribution in [2.24, 2.45) is 5.41 Å². The summed E-state index contributed by atoms with van der Waals surface area (Å²) in [7, 11) is 0. The van der Waals surface area contributed by atoms with Gasteiger partial charge in [0.2, 0.25) is 0 Å². The van der Waals surface area contributed by atoms with Gasteiger partial charge in [-0.1, -0.05) is 25.4 Å². The Morgan fingerprint density at radius 1 is 1.33 bits per heavy atom. The predicted molar refractivity (Wildman–Crippen MR) is 72.7 cm³/mol. The highest BCUT2D eigenvalue weighted by Gasteiger charge is 2.36. The second kappa shape index (κ2) is 5.02. The number of anilines is 1. The quantitative estimate of drug-likeness (QED) is 0.886. The monoisotopic (exact) mass is 269 g/mol. The van der Waals surface area contributed by atoms with Crippen molar-refractivity contribution in [1.82, 2.24) is 9.97 Å². The SMILES string of the molecule is CC1(C)CCC(O)(CNc2ncncc2Cl)CC1. The number of aromatic nitrogens is 2. The van der Waals surface area contributed by atoms with Crippen LogP contribution in [0.15, 0.2) is 12.5 Å². The summed E-state index contributed by atoms with van der Waals surface area (Å²) in [5.41, 5.74) is -0.303. The molecule has 2 N–H and O–H groups in total. The molecule has 0 bridgehead atoms. The van der Waals surface area contributed by atoms with Gasteiger partial charge in [0.15, 0.2) is 0 Å². The summed E-state index contributed by atoms with van der Waals surface area (Å²) in [6.45, 7) is 4.99. The van der Waals surface area contributed by atoms with Gasteiger partial charge >= 0.3 is 0 Å². The van der Waals surface area contributed by atoms with Crippen molar-refractivity contribution in [3.05, 3.63) is 17.5 Å². The van der Waals surface area contributed by atoms with Crippen LogP contribution in [0.4, 0.5) is 5.82 Å². The van der Waals surface area contributed by atoms with E-state index in [0.717, 1.165) is 25.7 Å². The van der Waals surface area contributed by atoms with Crippen LogP contribution < -0.4 is 5.32 Å². The number of nitrogens with zero attached hydrogens (tertiary/aromatic N) is 2. The average molecular weight is 270 g/mol. The van der Waals surface area contributed by atoms with E-state index < -0.39 is 5.60 Å². The topological polar surface area (TPSA) is 58.0 Å². The van der Waals surface area contributed by atoms with Gasteiger partial charge in [-0.05, 0) is 31.1 Å². The number of aliphatic hydroxyl groups is 1. The number of nitrogens with one attached hydrogen (secondary N) is 1. The van der Waals surface area contributed by atoms with E-state index >= 15 is 0 Å². The zero-order valence-electron chi connectivity index (χ0n) is 10.9. The second-order valence-electron chi connectivity index (χ2n) is 5.96. The number of hydrogen-bond donors (Lipinski definition) is 2. The molecule has 0 radical (unpaired) electrons. The van der Waals surface area contributed by atoms with E-state index in [4.69, 9.17) is 11.6 Å². The Labute approximate surface area is 113 Å². The molecule has 4 nitrogen and oxygen atoms in total. The van der Waals surface area contributed by atoms with Crippen molar-refractivity contribution in [2.75, 3.05) is 11.9 Å². The van der Waals surface area contributed by atoms with Crippen LogP contribution in [0.25, 0.3) is 0 Å². The second-order valence-corrected chi connectivity index (χ2v) is 6.37. The van der Waals surface area contributed by atoms with Crippen molar-refractivity contribution in [3.63, 3.8) is 0 Å². The lowest BCUT2D eigenvalue weighted by Crippen LogP contribution is -2.42. The molecule has 18 heavy (non-hydrogen) atoms. The lowest BCUT2D eigenvalue weighted by atomic mass is 9.71. The molecule has 1 aliphatic carbocycles. The van der Waals surface area contributed by atoms with E-state index in [9.17, 15) is 5.11 Å². The Morgan fingerprint density at radius 2 is 2.00 bits per heavy atom. The predicted octanol–water partition coefficient (Wildman–Crippen LogP) is 2.87. The molecule has 1 fully saturated rings. The van der Waals surface area contributed by atoms with Gasteiger partial charge in [-0.2, -0.15) is 0 Å². The van der Waals surface area contributed by atoms with Crippen molar-refractivity contribution < 1.29 is 5.11 Å². The van der Waals surface area contributed by atoms with Crippen LogP contribution >= 0.6 is 11.6 Å². The maximum Gasteiger partial charge on any atom is 0.148 e. The summed E-state index contributed by atoms with van der Waals surface area (Å²) in [6, 6.07) is 0. The minimum atomic E-state index is -0.649. The third-order valence-electron chi connectivity index (χ3n) is 3.79. The first-order valence-electron chi connectivity index (χ1n) is 6.32. The molecule has 1 aromatic heterocycles. The first-order valence-corrected chi connectivity index (χ1v) is 6.70. The number of rotatable bonds is 3. The van der Waals surface area contributed by atoms with Crippen LogP contribution in [0.1, 0.15) is 39.5 Å². The van der Waals surface area contributed by atoms with E-state index in [1.54, 1.807) is 6.20 Å². The molecule has 2 rings (SSSR count). The minimum absolute atomic E-state index is 0.346. The molecule has 5 heteroatoms. The normalized spacial score (nSPS) is 21.6. The van der Waals surface area contributed by atoms with Gasteiger partial charge in [-0.25, -0.2) is 9.97 Å². The van der Waals surface area contributed by atoms with Gasteiger partial charge in [0.25, 0.3) is 0 Å². The van der Waals surface area contributed by atoms with E-state index in [2.05, 4.69) is 29.1 Å². The highest BCUT2D eigenvalue weighted by Crippen LogP contribution is 2.40. The molecule has 1 aliphatic rings. The van der Waals surface area contributed by atoms with Crippen LogP contribution in [-0.2, 0) is 0 Å². The summed E-state index contributed by atoms with van der Waals surface area (Å²) in [5.74, 6) is 0.588. The standard InChI is InChI=1S/C13H20ClN3O/c1-12(2)3-5-13(18,6-4-12)8-16-11-10(14)7-15-9-17-11/h7,9,18H,3-6,8H2,1-2H3,(H,15,16,17). The fraction of sp³-hybridized carbons (Fsp3) is 0.692. The molecule has 1 heterocycles. The van der Waals surface area contributed by atoms with E-state index in [-0.39, 0.29) is 0 Å². The smallest absolute Gasteiger partial charge is 0.148 e. The molecule has 1 saturated carbocycles. The van der Waals surface area contributed by atoms with Gasteiger partial charge in [-0.15, -0.1) is 0 Å². The summed E-state index contributed by atoms with van der Waals surface area (Å²) >= 11 is 5.96.